The van der Waals surface area contributed by atoms with E-state index in [1.807, 2.05) is 6.20 Å². The first-order valence-electron chi connectivity index (χ1n) is 7.64. The molecule has 21 heavy (non-hydrogen) atoms. The number of benzene rings is 1. The quantitative estimate of drug-likeness (QED) is 0.785. The van der Waals surface area contributed by atoms with Crippen LogP contribution in [0.5, 0.6) is 0 Å². The molecule has 0 N–H and O–H groups in total. The van der Waals surface area contributed by atoms with Crippen molar-refractivity contribution in [3.05, 3.63) is 36.7 Å². The highest BCUT2D eigenvalue weighted by Crippen LogP contribution is 2.23. The van der Waals surface area contributed by atoms with E-state index in [-0.39, 0.29) is 0 Å². The zero-order chi connectivity index (χ0) is 14.7. The van der Waals surface area contributed by atoms with Crippen LogP contribution < -0.4 is 0 Å². The number of thioether (sulfide) groups is 1. The molecule has 2 aromatic rings. The first-order chi connectivity index (χ1) is 10.3. The van der Waals surface area contributed by atoms with Gasteiger partial charge in [0.1, 0.15) is 5.82 Å². The molecule has 1 aromatic heterocycles. The highest BCUT2D eigenvalue weighted by molar-refractivity contribution is 7.98. The van der Waals surface area contributed by atoms with Crippen molar-refractivity contribution in [3.8, 4) is 11.4 Å². The number of rotatable bonds is 5. The molecule has 2 heterocycles. The van der Waals surface area contributed by atoms with Gasteiger partial charge in [-0.25, -0.2) is 4.98 Å². The molecular formula is C17H23N3S. The van der Waals surface area contributed by atoms with Crippen LogP contribution in [-0.4, -0.2) is 40.3 Å². The Morgan fingerprint density at radius 1 is 1.29 bits per heavy atom. The molecule has 1 saturated heterocycles. The summed E-state index contributed by atoms with van der Waals surface area (Å²) in [7, 11) is 2.24. The molecule has 0 amide bonds. The van der Waals surface area contributed by atoms with Crippen molar-refractivity contribution in [2.75, 3.05) is 19.8 Å². The van der Waals surface area contributed by atoms with E-state index in [0.717, 1.165) is 18.4 Å². The number of hydrogen-bond donors (Lipinski definition) is 0. The van der Waals surface area contributed by atoms with E-state index in [2.05, 4.69) is 58.2 Å². The van der Waals surface area contributed by atoms with Crippen LogP contribution in [0, 0.1) is 0 Å². The summed E-state index contributed by atoms with van der Waals surface area (Å²) in [6, 6.07) is 9.42. The Morgan fingerprint density at radius 3 is 2.76 bits per heavy atom. The van der Waals surface area contributed by atoms with Gasteiger partial charge in [0.2, 0.25) is 0 Å². The van der Waals surface area contributed by atoms with E-state index < -0.39 is 0 Å². The van der Waals surface area contributed by atoms with Crippen LogP contribution in [0.1, 0.15) is 19.3 Å². The molecule has 4 heteroatoms. The van der Waals surface area contributed by atoms with E-state index in [4.69, 9.17) is 0 Å². The van der Waals surface area contributed by atoms with Gasteiger partial charge in [0.25, 0.3) is 0 Å². The van der Waals surface area contributed by atoms with E-state index >= 15 is 0 Å². The molecule has 1 aliphatic rings. The van der Waals surface area contributed by atoms with Gasteiger partial charge >= 0.3 is 0 Å². The Hall–Kier alpha value is -1.26. The summed E-state index contributed by atoms with van der Waals surface area (Å²) in [5.41, 5.74) is 1.21. The zero-order valence-electron chi connectivity index (χ0n) is 12.8. The second-order valence-corrected chi connectivity index (χ2v) is 6.62. The summed E-state index contributed by atoms with van der Waals surface area (Å²) in [6.45, 7) is 2.30. The number of imidazole rings is 1. The average molecular weight is 301 g/mol. The van der Waals surface area contributed by atoms with Crippen LogP contribution in [0.4, 0.5) is 0 Å². The molecule has 1 atom stereocenters. The minimum atomic E-state index is 0.735. The first-order valence-corrected chi connectivity index (χ1v) is 8.86. The van der Waals surface area contributed by atoms with Crippen LogP contribution >= 0.6 is 11.8 Å². The second kappa shape index (κ2) is 6.67. The van der Waals surface area contributed by atoms with Gasteiger partial charge in [-0.1, -0.05) is 12.1 Å². The van der Waals surface area contributed by atoms with Crippen LogP contribution in [0.3, 0.4) is 0 Å². The Kier molecular flexibility index (Phi) is 4.66. The second-order valence-electron chi connectivity index (χ2n) is 5.74. The Balaban J connectivity index is 1.70. The lowest BCUT2D eigenvalue weighted by molar-refractivity contribution is 0.286. The third-order valence-corrected chi connectivity index (χ3v) is 5.18. The minimum Gasteiger partial charge on any atom is -0.331 e. The van der Waals surface area contributed by atoms with Crippen LogP contribution in [0.15, 0.2) is 41.6 Å². The summed E-state index contributed by atoms with van der Waals surface area (Å²) in [5.74, 6) is 1.09. The molecule has 0 aliphatic carbocycles. The third kappa shape index (κ3) is 3.33. The predicted molar refractivity (Wildman–Crippen MR) is 89.7 cm³/mol. The minimum absolute atomic E-state index is 0.735. The van der Waals surface area contributed by atoms with Crippen molar-refractivity contribution in [1.82, 2.24) is 14.5 Å². The number of nitrogens with zero attached hydrogens (tertiary/aromatic N) is 3. The SMILES string of the molecule is CSc1ccc(-c2nccn2CC[C@@H]2CCCN2C)cc1. The summed E-state index contributed by atoms with van der Waals surface area (Å²) < 4.78 is 2.29. The van der Waals surface area contributed by atoms with Crippen LogP contribution in [-0.2, 0) is 6.54 Å². The molecule has 0 saturated carbocycles. The van der Waals surface area contributed by atoms with Gasteiger partial charge in [0.15, 0.2) is 0 Å². The van der Waals surface area contributed by atoms with Crippen molar-refractivity contribution in [1.29, 1.82) is 0 Å². The predicted octanol–water partition coefficient (Wildman–Crippen LogP) is 3.76. The molecule has 112 valence electrons. The van der Waals surface area contributed by atoms with Gasteiger partial charge in [0.05, 0.1) is 0 Å². The highest BCUT2D eigenvalue weighted by Gasteiger charge is 2.20. The fraction of sp³-hybridized carbons (Fsp3) is 0.471. The fourth-order valence-electron chi connectivity index (χ4n) is 3.12. The summed E-state index contributed by atoms with van der Waals surface area (Å²) in [6.07, 6.45) is 10.0. The van der Waals surface area contributed by atoms with Crippen molar-refractivity contribution in [3.63, 3.8) is 0 Å². The van der Waals surface area contributed by atoms with Gasteiger partial charge < -0.3 is 9.47 Å². The standard InChI is InChI=1S/C17H23N3S/c1-19-11-3-4-15(19)9-12-20-13-10-18-17(20)14-5-7-16(21-2)8-6-14/h5-8,10,13,15H,3-4,9,11-12H2,1-2H3/t15-/m0/s1. The van der Waals surface area contributed by atoms with Crippen LogP contribution in [0.2, 0.25) is 0 Å². The number of aryl methyl sites for hydroxylation is 1. The molecule has 0 unspecified atom stereocenters. The number of likely N-dealkylation sites (tertiary alicyclic amines) is 1. The van der Waals surface area contributed by atoms with Crippen LogP contribution in [0.25, 0.3) is 11.4 Å². The van der Waals surface area contributed by atoms with E-state index in [1.165, 1.54) is 36.3 Å². The molecule has 3 rings (SSSR count). The molecule has 1 aromatic carbocycles. The molecule has 0 radical (unpaired) electrons. The molecular weight excluding hydrogens is 278 g/mol. The molecule has 0 bridgehead atoms. The van der Waals surface area contributed by atoms with Crippen molar-refractivity contribution in [2.24, 2.45) is 0 Å². The van der Waals surface area contributed by atoms with Gasteiger partial charge in [0, 0.05) is 35.4 Å². The number of aromatic nitrogens is 2. The summed E-state index contributed by atoms with van der Waals surface area (Å²) in [5, 5.41) is 0. The lowest BCUT2D eigenvalue weighted by atomic mass is 10.1. The van der Waals surface area contributed by atoms with E-state index in [9.17, 15) is 0 Å². The largest absolute Gasteiger partial charge is 0.331 e. The fourth-order valence-corrected chi connectivity index (χ4v) is 3.53. The van der Waals surface area contributed by atoms with E-state index in [1.54, 1.807) is 11.8 Å². The van der Waals surface area contributed by atoms with Gasteiger partial charge in [-0.05, 0) is 51.2 Å². The van der Waals surface area contributed by atoms with E-state index in [0.29, 0.717) is 0 Å². The summed E-state index contributed by atoms with van der Waals surface area (Å²) >= 11 is 1.77. The highest BCUT2D eigenvalue weighted by atomic mass is 32.2. The van der Waals surface area contributed by atoms with Crippen molar-refractivity contribution >= 4 is 11.8 Å². The van der Waals surface area contributed by atoms with Gasteiger partial charge in [-0.3, -0.25) is 0 Å². The Labute approximate surface area is 131 Å². The first kappa shape index (κ1) is 14.7. The Bertz CT molecular complexity index is 576. The normalized spacial score (nSPS) is 19.2. The smallest absolute Gasteiger partial charge is 0.139 e. The maximum atomic E-state index is 4.55. The topological polar surface area (TPSA) is 21.1 Å². The van der Waals surface area contributed by atoms with Gasteiger partial charge in [-0.15, -0.1) is 11.8 Å². The molecule has 1 aliphatic heterocycles. The lowest BCUT2D eigenvalue weighted by Gasteiger charge is -2.20. The Morgan fingerprint density at radius 2 is 2.10 bits per heavy atom. The molecule has 1 fully saturated rings. The third-order valence-electron chi connectivity index (χ3n) is 4.44. The molecule has 0 spiro atoms. The zero-order valence-corrected chi connectivity index (χ0v) is 13.6. The van der Waals surface area contributed by atoms with Crippen molar-refractivity contribution < 1.29 is 0 Å². The lowest BCUT2D eigenvalue weighted by Crippen LogP contribution is -2.26. The van der Waals surface area contributed by atoms with Crippen molar-refractivity contribution in [2.45, 2.75) is 36.7 Å². The van der Waals surface area contributed by atoms with Gasteiger partial charge in [-0.2, -0.15) is 0 Å². The maximum absolute atomic E-state index is 4.55. The average Bonchev–Trinajstić information content (AvgIpc) is 3.14. The monoisotopic (exact) mass is 301 g/mol. The maximum Gasteiger partial charge on any atom is 0.139 e. The molecule has 3 nitrogen and oxygen atoms in total. The summed E-state index contributed by atoms with van der Waals surface area (Å²) in [4.78, 5) is 8.33. The number of hydrogen-bond acceptors (Lipinski definition) is 3.